The van der Waals surface area contributed by atoms with Crippen molar-refractivity contribution in [2.45, 2.75) is 25.0 Å². The first-order valence-corrected chi connectivity index (χ1v) is 10.7. The summed E-state index contributed by atoms with van der Waals surface area (Å²) in [6, 6.07) is 9.23. The number of amides is 1. The Kier molecular flexibility index (Phi) is 6.54. The van der Waals surface area contributed by atoms with Gasteiger partial charge in [0.15, 0.2) is 0 Å². The lowest BCUT2D eigenvalue weighted by Crippen LogP contribution is -2.39. The third-order valence-electron chi connectivity index (χ3n) is 6.01. The van der Waals surface area contributed by atoms with E-state index in [4.69, 9.17) is 6.42 Å². The van der Waals surface area contributed by atoms with Gasteiger partial charge in [0.2, 0.25) is 5.91 Å². The van der Waals surface area contributed by atoms with Gasteiger partial charge in [-0.25, -0.2) is 9.37 Å². The molecule has 170 valence electrons. The molecule has 1 aliphatic heterocycles. The van der Waals surface area contributed by atoms with Crippen molar-refractivity contribution in [3.8, 4) is 12.3 Å². The fourth-order valence-electron chi connectivity index (χ4n) is 4.23. The fraction of sp³-hybridized carbons (Fsp3) is 0.320. The second-order valence-corrected chi connectivity index (χ2v) is 8.42. The molecular formula is C25H25FN4O3. The molecular weight excluding hydrogens is 423 g/mol. The van der Waals surface area contributed by atoms with E-state index in [1.54, 1.807) is 36.2 Å². The van der Waals surface area contributed by atoms with E-state index >= 15 is 0 Å². The molecule has 8 heteroatoms. The van der Waals surface area contributed by atoms with Crippen molar-refractivity contribution in [3.05, 3.63) is 75.5 Å². The predicted octanol–water partition coefficient (Wildman–Crippen LogP) is 1.85. The molecule has 2 N–H and O–H groups in total. The van der Waals surface area contributed by atoms with Crippen LogP contribution in [-0.4, -0.2) is 63.6 Å². The lowest BCUT2D eigenvalue weighted by atomic mass is 10.0. The number of rotatable bonds is 6. The number of carbonyl (C=O) groups is 1. The largest absolute Gasteiger partial charge is 0.392 e. The first-order chi connectivity index (χ1) is 15.8. The standard InChI is InChI=1S/C25H25FN4O3/c1-3-16-8-18(12-19(26)9-16)23(15-30-7-6-20(31)14-30)29(2)25(33)11-17-4-5-21-22(10-17)28-24(32)13-27-21/h1,4-5,8-10,12-13,20,23,31H,6-7,11,14-15H2,2H3,(H,28,32)/t20-,23?/m1/s1. The molecule has 1 unspecified atom stereocenters. The van der Waals surface area contributed by atoms with Crippen molar-refractivity contribution in [2.24, 2.45) is 0 Å². The molecule has 1 aromatic heterocycles. The number of H-pyrrole nitrogens is 1. The highest BCUT2D eigenvalue weighted by molar-refractivity contribution is 5.81. The van der Waals surface area contributed by atoms with Gasteiger partial charge in [0.1, 0.15) is 5.82 Å². The quantitative estimate of drug-likeness (QED) is 0.562. The van der Waals surface area contributed by atoms with Gasteiger partial charge in [0, 0.05) is 32.2 Å². The molecule has 1 aliphatic rings. The number of aromatic amines is 1. The number of nitrogens with one attached hydrogen (secondary N) is 1. The highest BCUT2D eigenvalue weighted by atomic mass is 19.1. The second-order valence-electron chi connectivity index (χ2n) is 8.42. The fourth-order valence-corrected chi connectivity index (χ4v) is 4.23. The number of aliphatic hydroxyl groups excluding tert-OH is 1. The predicted molar refractivity (Wildman–Crippen MR) is 123 cm³/mol. The van der Waals surface area contributed by atoms with Crippen LogP contribution in [0.2, 0.25) is 0 Å². The van der Waals surface area contributed by atoms with Crippen LogP contribution < -0.4 is 5.56 Å². The zero-order chi connectivity index (χ0) is 23.5. The smallest absolute Gasteiger partial charge is 0.266 e. The number of likely N-dealkylation sites (N-methyl/N-ethyl adjacent to an activating group) is 1. The number of nitrogens with zero attached hydrogens (tertiary/aromatic N) is 3. The van der Waals surface area contributed by atoms with Crippen LogP contribution in [0, 0.1) is 18.2 Å². The van der Waals surface area contributed by atoms with Crippen LogP contribution in [0.25, 0.3) is 11.0 Å². The summed E-state index contributed by atoms with van der Waals surface area (Å²) in [5.74, 6) is 1.83. The van der Waals surface area contributed by atoms with E-state index in [0.717, 1.165) is 5.56 Å². The van der Waals surface area contributed by atoms with Crippen LogP contribution in [0.5, 0.6) is 0 Å². The zero-order valence-corrected chi connectivity index (χ0v) is 18.3. The molecule has 3 aromatic rings. The zero-order valence-electron chi connectivity index (χ0n) is 18.3. The molecule has 2 atom stereocenters. The Labute approximate surface area is 190 Å². The van der Waals surface area contributed by atoms with Crippen LogP contribution in [0.15, 0.2) is 47.4 Å². The second kappa shape index (κ2) is 9.53. The Bertz CT molecular complexity index is 1280. The van der Waals surface area contributed by atoms with Gasteiger partial charge in [0.25, 0.3) is 5.56 Å². The number of hydrogen-bond donors (Lipinski definition) is 2. The maximum atomic E-state index is 14.3. The minimum Gasteiger partial charge on any atom is -0.392 e. The number of aromatic nitrogens is 2. The minimum atomic E-state index is -0.460. The maximum Gasteiger partial charge on any atom is 0.266 e. The summed E-state index contributed by atoms with van der Waals surface area (Å²) in [5.41, 5.74) is 2.61. The van der Waals surface area contributed by atoms with E-state index in [9.17, 15) is 19.1 Å². The number of terminal acetylenes is 1. The molecule has 2 aromatic carbocycles. The van der Waals surface area contributed by atoms with E-state index in [1.807, 2.05) is 0 Å². The van der Waals surface area contributed by atoms with Crippen molar-refractivity contribution in [1.29, 1.82) is 0 Å². The summed E-state index contributed by atoms with van der Waals surface area (Å²) in [4.78, 5) is 35.3. The number of β-amino-alcohol motifs (C(OH)–C–C–N with tert-alkyl or cyclic N) is 1. The van der Waals surface area contributed by atoms with Gasteiger partial charge in [-0.3, -0.25) is 14.5 Å². The number of likely N-dealkylation sites (tertiary alicyclic amines) is 1. The summed E-state index contributed by atoms with van der Waals surface area (Å²) in [7, 11) is 1.68. The SMILES string of the molecule is C#Cc1cc(F)cc(C(CN2CC[C@@H](O)C2)N(C)C(=O)Cc2ccc3ncc(=O)[nH]c3c2)c1. The van der Waals surface area contributed by atoms with E-state index in [-0.39, 0.29) is 17.9 Å². The van der Waals surface area contributed by atoms with Crippen molar-refractivity contribution in [3.63, 3.8) is 0 Å². The molecule has 0 radical (unpaired) electrons. The Balaban J connectivity index is 1.60. The molecule has 0 aliphatic carbocycles. The molecule has 0 bridgehead atoms. The normalized spacial score (nSPS) is 17.1. The van der Waals surface area contributed by atoms with E-state index in [2.05, 4.69) is 20.8 Å². The lowest BCUT2D eigenvalue weighted by molar-refractivity contribution is -0.131. The van der Waals surface area contributed by atoms with Crippen LogP contribution >= 0.6 is 0 Å². The van der Waals surface area contributed by atoms with Crippen LogP contribution in [0.3, 0.4) is 0 Å². The summed E-state index contributed by atoms with van der Waals surface area (Å²) >= 11 is 0. The first kappa shape index (κ1) is 22.6. The minimum absolute atomic E-state index is 0.0970. The first-order valence-electron chi connectivity index (χ1n) is 10.7. The summed E-state index contributed by atoms with van der Waals surface area (Å²) in [6.07, 6.45) is 7.05. The third-order valence-corrected chi connectivity index (χ3v) is 6.01. The van der Waals surface area contributed by atoms with Crippen molar-refractivity contribution in [1.82, 2.24) is 19.8 Å². The molecule has 0 spiro atoms. The van der Waals surface area contributed by atoms with Crippen molar-refractivity contribution >= 4 is 16.9 Å². The van der Waals surface area contributed by atoms with Gasteiger partial charge < -0.3 is 15.0 Å². The molecule has 33 heavy (non-hydrogen) atoms. The van der Waals surface area contributed by atoms with Gasteiger partial charge in [-0.2, -0.15) is 0 Å². The number of benzene rings is 2. The summed E-state index contributed by atoms with van der Waals surface area (Å²) in [6.45, 7) is 1.64. The molecule has 4 rings (SSSR count). The summed E-state index contributed by atoms with van der Waals surface area (Å²) < 4.78 is 14.3. The van der Waals surface area contributed by atoms with Crippen LogP contribution in [-0.2, 0) is 11.2 Å². The Morgan fingerprint density at radius 2 is 2.21 bits per heavy atom. The molecule has 2 heterocycles. The molecule has 0 saturated carbocycles. The Hall–Kier alpha value is -3.54. The van der Waals surface area contributed by atoms with E-state index < -0.39 is 18.0 Å². The monoisotopic (exact) mass is 448 g/mol. The molecule has 1 fully saturated rings. The van der Waals surface area contributed by atoms with Gasteiger partial charge in [-0.05, 0) is 47.9 Å². The number of fused-ring (bicyclic) bond motifs is 1. The topological polar surface area (TPSA) is 89.5 Å². The molecule has 1 amide bonds. The number of hydrogen-bond acceptors (Lipinski definition) is 5. The maximum absolute atomic E-state index is 14.3. The summed E-state index contributed by atoms with van der Waals surface area (Å²) in [5, 5.41) is 9.92. The van der Waals surface area contributed by atoms with Crippen LogP contribution in [0.1, 0.15) is 29.2 Å². The Morgan fingerprint density at radius 3 is 2.94 bits per heavy atom. The van der Waals surface area contributed by atoms with E-state index in [1.165, 1.54) is 18.3 Å². The van der Waals surface area contributed by atoms with Gasteiger partial charge in [0.05, 0.1) is 35.8 Å². The van der Waals surface area contributed by atoms with Gasteiger partial charge in [-0.1, -0.05) is 12.0 Å². The molecule has 1 saturated heterocycles. The van der Waals surface area contributed by atoms with Gasteiger partial charge >= 0.3 is 0 Å². The lowest BCUT2D eigenvalue weighted by Gasteiger charge is -2.32. The average molecular weight is 448 g/mol. The van der Waals surface area contributed by atoms with Crippen molar-refractivity contribution < 1.29 is 14.3 Å². The average Bonchev–Trinajstić information content (AvgIpc) is 3.20. The Morgan fingerprint density at radius 1 is 1.39 bits per heavy atom. The number of halogens is 1. The highest BCUT2D eigenvalue weighted by Crippen LogP contribution is 2.26. The number of carbonyl (C=O) groups excluding carboxylic acids is 1. The van der Waals surface area contributed by atoms with Crippen molar-refractivity contribution in [2.75, 3.05) is 26.7 Å². The van der Waals surface area contributed by atoms with Gasteiger partial charge in [-0.15, -0.1) is 6.42 Å². The molecule has 7 nitrogen and oxygen atoms in total. The number of aliphatic hydroxyl groups is 1. The highest BCUT2D eigenvalue weighted by Gasteiger charge is 2.28. The third kappa shape index (κ3) is 5.28. The van der Waals surface area contributed by atoms with E-state index in [0.29, 0.717) is 48.2 Å². The van der Waals surface area contributed by atoms with Crippen LogP contribution in [0.4, 0.5) is 4.39 Å².